The molecule has 6 nitrogen and oxygen atoms in total. The number of nitrogens with zero attached hydrogens (tertiary/aromatic N) is 2. The largest absolute Gasteiger partial charge is 0.418 e. The summed E-state index contributed by atoms with van der Waals surface area (Å²) >= 11 is 0. The predicted octanol–water partition coefficient (Wildman–Crippen LogP) is 4.18. The number of rotatable bonds is 3. The first kappa shape index (κ1) is 19.9. The van der Waals surface area contributed by atoms with Crippen molar-refractivity contribution in [1.29, 1.82) is 0 Å². The Bertz CT molecular complexity index is 1170. The molecular formula is C21H19F3N4O2. The molecule has 3 heterocycles. The summed E-state index contributed by atoms with van der Waals surface area (Å²) in [6, 6.07) is 5.44. The second-order valence-corrected chi connectivity index (χ2v) is 7.32. The smallest absolute Gasteiger partial charge is 0.369 e. The van der Waals surface area contributed by atoms with Gasteiger partial charge in [-0.3, -0.25) is 14.6 Å². The molecule has 1 aromatic carbocycles. The van der Waals surface area contributed by atoms with E-state index in [0.29, 0.717) is 17.7 Å². The van der Waals surface area contributed by atoms with Crippen LogP contribution in [0.5, 0.6) is 0 Å². The molecule has 0 radical (unpaired) electrons. The highest BCUT2D eigenvalue weighted by Gasteiger charge is 2.35. The Morgan fingerprint density at radius 2 is 2.10 bits per heavy atom. The van der Waals surface area contributed by atoms with Crippen molar-refractivity contribution in [2.24, 2.45) is 0 Å². The zero-order valence-corrected chi connectivity index (χ0v) is 16.1. The van der Waals surface area contributed by atoms with E-state index in [1.54, 1.807) is 6.07 Å². The molecule has 9 heteroatoms. The number of hydrogen-bond acceptors (Lipinski definition) is 4. The van der Waals surface area contributed by atoms with E-state index in [-0.39, 0.29) is 17.0 Å². The predicted molar refractivity (Wildman–Crippen MR) is 108 cm³/mol. The maximum absolute atomic E-state index is 13.7. The van der Waals surface area contributed by atoms with Crippen molar-refractivity contribution in [2.75, 3.05) is 16.8 Å². The maximum Gasteiger partial charge on any atom is 0.418 e. The summed E-state index contributed by atoms with van der Waals surface area (Å²) in [6.07, 6.45) is 1.18. The van der Waals surface area contributed by atoms with Gasteiger partial charge in [-0.25, -0.2) is 0 Å². The van der Waals surface area contributed by atoms with Crippen LogP contribution in [-0.4, -0.2) is 28.5 Å². The van der Waals surface area contributed by atoms with Gasteiger partial charge in [0.05, 0.1) is 23.0 Å². The maximum atomic E-state index is 13.7. The van der Waals surface area contributed by atoms with E-state index >= 15 is 0 Å². The molecule has 1 amide bonds. The van der Waals surface area contributed by atoms with Crippen molar-refractivity contribution in [3.8, 4) is 0 Å². The monoisotopic (exact) mass is 416 g/mol. The van der Waals surface area contributed by atoms with E-state index in [0.717, 1.165) is 18.9 Å². The number of alkyl halides is 3. The van der Waals surface area contributed by atoms with E-state index in [2.05, 4.69) is 15.3 Å². The molecule has 2 N–H and O–H groups in total. The lowest BCUT2D eigenvalue weighted by atomic mass is 10.1. The van der Waals surface area contributed by atoms with E-state index in [4.69, 9.17) is 0 Å². The number of nitrogens with one attached hydrogen (secondary N) is 2. The van der Waals surface area contributed by atoms with Crippen molar-refractivity contribution in [3.05, 3.63) is 64.2 Å². The molecule has 0 spiro atoms. The Hall–Kier alpha value is -3.36. The van der Waals surface area contributed by atoms with Gasteiger partial charge in [0.25, 0.3) is 5.91 Å². The van der Waals surface area contributed by atoms with Crippen molar-refractivity contribution in [1.82, 2.24) is 9.97 Å². The number of amides is 1. The first-order valence-electron chi connectivity index (χ1n) is 9.50. The number of aromatic amines is 1. The van der Waals surface area contributed by atoms with Crippen molar-refractivity contribution in [3.63, 3.8) is 0 Å². The van der Waals surface area contributed by atoms with Gasteiger partial charge in [0.15, 0.2) is 0 Å². The molecule has 0 unspecified atom stereocenters. The minimum atomic E-state index is -4.66. The third-order valence-electron chi connectivity index (χ3n) is 5.37. The minimum Gasteiger partial charge on any atom is -0.369 e. The molecule has 1 aliphatic heterocycles. The number of hydrogen-bond donors (Lipinski definition) is 2. The van der Waals surface area contributed by atoms with Crippen molar-refractivity contribution < 1.29 is 18.0 Å². The third kappa shape index (κ3) is 3.62. The molecule has 1 saturated heterocycles. The Morgan fingerprint density at radius 1 is 1.30 bits per heavy atom. The Labute approximate surface area is 169 Å². The van der Waals surface area contributed by atoms with Crippen LogP contribution < -0.4 is 15.6 Å². The van der Waals surface area contributed by atoms with Gasteiger partial charge < -0.3 is 15.2 Å². The average Bonchev–Trinajstić information content (AvgIpc) is 3.14. The fourth-order valence-electron chi connectivity index (χ4n) is 3.80. The molecule has 3 aromatic rings. The molecule has 30 heavy (non-hydrogen) atoms. The lowest BCUT2D eigenvalue weighted by molar-refractivity contribution is -0.136. The van der Waals surface area contributed by atoms with Crippen LogP contribution in [-0.2, 0) is 6.18 Å². The molecule has 0 bridgehead atoms. The second kappa shape index (κ2) is 7.47. The van der Waals surface area contributed by atoms with E-state index in [1.807, 2.05) is 11.8 Å². The topological polar surface area (TPSA) is 78.1 Å². The van der Waals surface area contributed by atoms with E-state index < -0.39 is 28.8 Å². The van der Waals surface area contributed by atoms with Gasteiger partial charge in [0.2, 0.25) is 5.43 Å². The molecule has 1 fully saturated rings. The zero-order valence-electron chi connectivity index (χ0n) is 16.1. The fourth-order valence-corrected chi connectivity index (χ4v) is 3.80. The summed E-state index contributed by atoms with van der Waals surface area (Å²) in [5.41, 5.74) is -1.31. The molecule has 4 rings (SSSR count). The van der Waals surface area contributed by atoms with Crippen LogP contribution >= 0.6 is 0 Å². The lowest BCUT2D eigenvalue weighted by Crippen LogP contribution is -2.27. The molecule has 0 saturated carbocycles. The first-order chi connectivity index (χ1) is 14.3. The third-order valence-corrected chi connectivity index (χ3v) is 5.37. The van der Waals surface area contributed by atoms with Crippen LogP contribution in [0, 0.1) is 0 Å². The average molecular weight is 416 g/mol. The van der Waals surface area contributed by atoms with Gasteiger partial charge in [0, 0.05) is 36.1 Å². The number of carbonyl (C=O) groups is 1. The van der Waals surface area contributed by atoms with E-state index in [9.17, 15) is 22.8 Å². The Kier molecular flexibility index (Phi) is 4.97. The van der Waals surface area contributed by atoms with Crippen LogP contribution in [0.1, 0.15) is 35.7 Å². The van der Waals surface area contributed by atoms with Crippen molar-refractivity contribution >= 4 is 28.2 Å². The van der Waals surface area contributed by atoms with Gasteiger partial charge in [-0.1, -0.05) is 0 Å². The standard InChI is InChI=1S/C21H19F3N4O2/c1-12-3-2-8-28(12)13-4-5-17(16(9-13)21(22,23)24)27-20(30)15-10-26-18-11-25-7-6-14(18)19(15)29/h4-7,9-12H,2-3,8H2,1H3,(H,26,29)(H,27,30)/t12-/m0/s1. The Balaban J connectivity index is 1.69. The van der Waals surface area contributed by atoms with Crippen molar-refractivity contribution in [2.45, 2.75) is 32.0 Å². The minimum absolute atomic E-state index is 0.150. The normalized spacial score (nSPS) is 16.8. The number of pyridine rings is 2. The summed E-state index contributed by atoms with van der Waals surface area (Å²) in [4.78, 5) is 33.8. The number of benzene rings is 1. The van der Waals surface area contributed by atoms with Crippen LogP contribution in [0.4, 0.5) is 24.5 Å². The highest BCUT2D eigenvalue weighted by atomic mass is 19.4. The fraction of sp³-hybridized carbons (Fsp3) is 0.286. The quantitative estimate of drug-likeness (QED) is 0.671. The summed E-state index contributed by atoms with van der Waals surface area (Å²) in [7, 11) is 0. The summed E-state index contributed by atoms with van der Waals surface area (Å²) in [5, 5.41) is 2.48. The van der Waals surface area contributed by atoms with Gasteiger partial charge in [-0.05, 0) is 44.0 Å². The summed E-state index contributed by atoms with van der Waals surface area (Å²) in [6.45, 7) is 2.66. The van der Waals surface area contributed by atoms with Crippen LogP contribution in [0.25, 0.3) is 10.9 Å². The first-order valence-corrected chi connectivity index (χ1v) is 9.50. The zero-order chi connectivity index (χ0) is 21.5. The number of aromatic nitrogens is 2. The van der Waals surface area contributed by atoms with Crippen LogP contribution in [0.3, 0.4) is 0 Å². The van der Waals surface area contributed by atoms with Gasteiger partial charge in [-0.15, -0.1) is 0 Å². The number of anilines is 2. The molecule has 2 aromatic heterocycles. The van der Waals surface area contributed by atoms with Gasteiger partial charge >= 0.3 is 6.18 Å². The van der Waals surface area contributed by atoms with Crippen LogP contribution in [0.15, 0.2) is 47.7 Å². The number of carbonyl (C=O) groups excluding carboxylic acids is 1. The number of fused-ring (bicyclic) bond motifs is 1. The molecule has 0 aliphatic carbocycles. The number of H-pyrrole nitrogens is 1. The number of halogens is 3. The van der Waals surface area contributed by atoms with E-state index in [1.165, 1.54) is 30.7 Å². The molecular weight excluding hydrogens is 397 g/mol. The SMILES string of the molecule is C[C@H]1CCCN1c1ccc(NC(=O)c2c[nH]c3cnccc3c2=O)c(C(F)(F)F)c1. The second-order valence-electron chi connectivity index (χ2n) is 7.32. The van der Waals surface area contributed by atoms with Gasteiger partial charge in [-0.2, -0.15) is 13.2 Å². The molecule has 1 atom stereocenters. The van der Waals surface area contributed by atoms with Crippen LogP contribution in [0.2, 0.25) is 0 Å². The van der Waals surface area contributed by atoms with Gasteiger partial charge in [0.1, 0.15) is 5.56 Å². The highest BCUT2D eigenvalue weighted by Crippen LogP contribution is 2.38. The summed E-state index contributed by atoms with van der Waals surface area (Å²) in [5.74, 6) is -0.914. The summed E-state index contributed by atoms with van der Waals surface area (Å²) < 4.78 is 41.1. The Morgan fingerprint density at radius 3 is 2.80 bits per heavy atom. The lowest BCUT2D eigenvalue weighted by Gasteiger charge is -2.25. The highest BCUT2D eigenvalue weighted by molar-refractivity contribution is 6.06. The molecule has 1 aliphatic rings. The molecule has 156 valence electrons.